The SMILES string of the molecule is CCN(Cc1ccccc1)Sc1scc(N)c1O. The molecule has 1 aromatic carbocycles. The number of nitrogens with two attached hydrogens (primary N) is 1. The first-order chi connectivity index (χ1) is 8.70. The van der Waals surface area contributed by atoms with Gasteiger partial charge < -0.3 is 10.8 Å². The van der Waals surface area contributed by atoms with Gasteiger partial charge in [0.15, 0.2) is 5.75 Å². The summed E-state index contributed by atoms with van der Waals surface area (Å²) >= 11 is 3.03. The van der Waals surface area contributed by atoms with E-state index < -0.39 is 0 Å². The van der Waals surface area contributed by atoms with Crippen LogP contribution in [0.2, 0.25) is 0 Å². The summed E-state index contributed by atoms with van der Waals surface area (Å²) < 4.78 is 3.05. The molecule has 0 atom stereocenters. The predicted octanol–water partition coefficient (Wildman–Crippen LogP) is 3.57. The first-order valence-electron chi connectivity index (χ1n) is 5.73. The normalized spacial score (nSPS) is 11.0. The van der Waals surface area contributed by atoms with Crippen LogP contribution in [0.5, 0.6) is 5.75 Å². The Kier molecular flexibility index (Phi) is 4.52. The third-order valence-corrected chi connectivity index (χ3v) is 4.82. The van der Waals surface area contributed by atoms with Crippen molar-refractivity contribution in [2.45, 2.75) is 17.7 Å². The molecule has 0 bridgehead atoms. The summed E-state index contributed by atoms with van der Waals surface area (Å²) in [6, 6.07) is 10.3. The van der Waals surface area contributed by atoms with Gasteiger partial charge in [0.1, 0.15) is 4.21 Å². The van der Waals surface area contributed by atoms with Crippen molar-refractivity contribution in [1.82, 2.24) is 4.31 Å². The molecule has 0 fully saturated rings. The van der Waals surface area contributed by atoms with E-state index in [-0.39, 0.29) is 5.75 Å². The van der Waals surface area contributed by atoms with Crippen LogP contribution in [0.3, 0.4) is 0 Å². The highest BCUT2D eigenvalue weighted by molar-refractivity contribution is 7.99. The molecule has 0 amide bonds. The number of thiophene rings is 1. The van der Waals surface area contributed by atoms with E-state index in [1.165, 1.54) is 16.9 Å². The number of aromatic hydroxyl groups is 1. The smallest absolute Gasteiger partial charge is 0.164 e. The van der Waals surface area contributed by atoms with Crippen LogP contribution in [-0.2, 0) is 6.54 Å². The zero-order valence-electron chi connectivity index (χ0n) is 10.2. The van der Waals surface area contributed by atoms with Gasteiger partial charge in [0.05, 0.1) is 5.69 Å². The molecule has 0 saturated carbocycles. The van der Waals surface area contributed by atoms with Crippen molar-refractivity contribution in [2.75, 3.05) is 12.3 Å². The van der Waals surface area contributed by atoms with Crippen molar-refractivity contribution in [2.24, 2.45) is 0 Å². The highest BCUT2D eigenvalue weighted by Crippen LogP contribution is 2.41. The van der Waals surface area contributed by atoms with Crippen LogP contribution in [0.4, 0.5) is 5.69 Å². The number of anilines is 1. The van der Waals surface area contributed by atoms with Gasteiger partial charge in [0.2, 0.25) is 0 Å². The maximum absolute atomic E-state index is 9.79. The van der Waals surface area contributed by atoms with Crippen LogP contribution in [-0.4, -0.2) is 16.0 Å². The molecule has 2 aromatic rings. The van der Waals surface area contributed by atoms with E-state index in [9.17, 15) is 5.11 Å². The van der Waals surface area contributed by atoms with Crippen molar-refractivity contribution in [1.29, 1.82) is 0 Å². The number of hydrogen-bond donors (Lipinski definition) is 2. The Labute approximate surface area is 115 Å². The van der Waals surface area contributed by atoms with E-state index in [2.05, 4.69) is 23.4 Å². The summed E-state index contributed by atoms with van der Waals surface area (Å²) in [6.07, 6.45) is 0. The minimum atomic E-state index is 0.205. The third kappa shape index (κ3) is 3.19. The van der Waals surface area contributed by atoms with Gasteiger partial charge >= 0.3 is 0 Å². The van der Waals surface area contributed by atoms with E-state index in [4.69, 9.17) is 5.73 Å². The van der Waals surface area contributed by atoms with Crippen molar-refractivity contribution in [3.63, 3.8) is 0 Å². The second-order valence-electron chi connectivity index (χ2n) is 3.86. The van der Waals surface area contributed by atoms with Gasteiger partial charge in [-0.05, 0) is 17.5 Å². The Hall–Kier alpha value is -1.17. The largest absolute Gasteiger partial charge is 0.504 e. The molecule has 0 aliphatic carbocycles. The van der Waals surface area contributed by atoms with E-state index in [0.29, 0.717) is 5.69 Å². The first kappa shape index (κ1) is 13.3. The number of nitrogen functional groups attached to an aromatic ring is 1. The molecule has 5 heteroatoms. The highest BCUT2D eigenvalue weighted by atomic mass is 32.2. The minimum absolute atomic E-state index is 0.205. The lowest BCUT2D eigenvalue weighted by atomic mass is 10.2. The van der Waals surface area contributed by atoms with Crippen LogP contribution in [0.15, 0.2) is 39.9 Å². The number of benzene rings is 1. The van der Waals surface area contributed by atoms with Crippen molar-refractivity contribution in [3.05, 3.63) is 41.3 Å². The zero-order valence-corrected chi connectivity index (χ0v) is 11.8. The fraction of sp³-hybridized carbons (Fsp3) is 0.231. The van der Waals surface area contributed by atoms with Crippen molar-refractivity contribution in [3.8, 4) is 5.75 Å². The van der Waals surface area contributed by atoms with Gasteiger partial charge in [-0.2, -0.15) is 0 Å². The molecule has 1 heterocycles. The Morgan fingerprint density at radius 2 is 2.06 bits per heavy atom. The Bertz CT molecular complexity index is 499. The molecule has 0 radical (unpaired) electrons. The average Bonchev–Trinajstić information content (AvgIpc) is 2.71. The molecule has 0 aliphatic heterocycles. The highest BCUT2D eigenvalue weighted by Gasteiger charge is 2.13. The summed E-state index contributed by atoms with van der Waals surface area (Å²) in [6.45, 7) is 3.85. The summed E-state index contributed by atoms with van der Waals surface area (Å²) in [5.41, 5.74) is 7.36. The van der Waals surface area contributed by atoms with Crippen LogP contribution in [0.25, 0.3) is 0 Å². The summed E-state index contributed by atoms with van der Waals surface area (Å²) in [7, 11) is 0. The molecule has 3 N–H and O–H groups in total. The fourth-order valence-corrected chi connectivity index (χ4v) is 3.51. The lowest BCUT2D eigenvalue weighted by molar-refractivity contribution is 0.463. The van der Waals surface area contributed by atoms with E-state index >= 15 is 0 Å². The lowest BCUT2D eigenvalue weighted by Gasteiger charge is -2.18. The molecule has 3 nitrogen and oxygen atoms in total. The fourth-order valence-electron chi connectivity index (χ4n) is 1.52. The Morgan fingerprint density at radius 1 is 1.33 bits per heavy atom. The van der Waals surface area contributed by atoms with Gasteiger partial charge in [-0.15, -0.1) is 11.3 Å². The quantitative estimate of drug-likeness (QED) is 0.822. The van der Waals surface area contributed by atoms with E-state index in [0.717, 1.165) is 17.3 Å². The van der Waals surface area contributed by atoms with Crippen LogP contribution >= 0.6 is 23.3 Å². The molecule has 2 rings (SSSR count). The molecular weight excluding hydrogens is 264 g/mol. The molecule has 18 heavy (non-hydrogen) atoms. The van der Waals surface area contributed by atoms with Crippen LogP contribution in [0, 0.1) is 0 Å². The van der Waals surface area contributed by atoms with Crippen LogP contribution < -0.4 is 5.73 Å². The average molecular weight is 280 g/mol. The maximum Gasteiger partial charge on any atom is 0.164 e. The topological polar surface area (TPSA) is 49.5 Å². The van der Waals surface area contributed by atoms with Crippen molar-refractivity contribution >= 4 is 29.0 Å². The predicted molar refractivity (Wildman–Crippen MR) is 78.8 cm³/mol. The van der Waals surface area contributed by atoms with Crippen molar-refractivity contribution < 1.29 is 5.11 Å². The minimum Gasteiger partial charge on any atom is -0.504 e. The molecular formula is C13H16N2OS2. The molecule has 96 valence electrons. The zero-order chi connectivity index (χ0) is 13.0. The number of rotatable bonds is 5. The second-order valence-corrected chi connectivity index (χ2v) is 6.11. The van der Waals surface area contributed by atoms with Gasteiger partial charge in [-0.1, -0.05) is 37.3 Å². The van der Waals surface area contributed by atoms with Gasteiger partial charge in [-0.3, -0.25) is 0 Å². The molecule has 0 spiro atoms. The first-order valence-corrected chi connectivity index (χ1v) is 7.38. The number of nitrogens with zero attached hydrogens (tertiary/aromatic N) is 1. The molecule has 0 aliphatic rings. The number of hydrogen-bond acceptors (Lipinski definition) is 5. The maximum atomic E-state index is 9.79. The third-order valence-electron chi connectivity index (χ3n) is 2.53. The van der Waals surface area contributed by atoms with Gasteiger partial charge in [-0.25, -0.2) is 4.31 Å². The van der Waals surface area contributed by atoms with E-state index in [1.807, 2.05) is 18.2 Å². The molecule has 0 unspecified atom stereocenters. The molecule has 0 saturated heterocycles. The second kappa shape index (κ2) is 6.13. The standard InChI is InChI=1S/C13H16N2OS2/c1-2-15(8-10-6-4-3-5-7-10)18-13-12(16)11(14)9-17-13/h3-7,9,16H,2,8,14H2,1H3. The van der Waals surface area contributed by atoms with Gasteiger partial charge in [0, 0.05) is 18.5 Å². The molecule has 1 aromatic heterocycles. The summed E-state index contributed by atoms with van der Waals surface area (Å²) in [5.74, 6) is 0.205. The summed E-state index contributed by atoms with van der Waals surface area (Å²) in [5, 5.41) is 11.6. The van der Waals surface area contributed by atoms with E-state index in [1.54, 1.807) is 17.3 Å². The lowest BCUT2D eigenvalue weighted by Crippen LogP contribution is -2.13. The monoisotopic (exact) mass is 280 g/mol. The summed E-state index contributed by atoms with van der Waals surface area (Å²) in [4.78, 5) is 0. The van der Waals surface area contributed by atoms with Crippen LogP contribution in [0.1, 0.15) is 12.5 Å². The van der Waals surface area contributed by atoms with Gasteiger partial charge in [0.25, 0.3) is 0 Å². The Morgan fingerprint density at radius 3 is 2.61 bits per heavy atom. The Balaban J connectivity index is 2.04.